The quantitative estimate of drug-likeness (QED) is 0.830. The Bertz CT molecular complexity index is 694. The van der Waals surface area contributed by atoms with Crippen LogP contribution in [0.25, 0.3) is 0 Å². The molecule has 0 radical (unpaired) electrons. The SMILES string of the molecule is O=C(CCn1ccnn1)N1CCN(C(=O)c2ccc(F)cc2)CC1. The molecule has 1 aliphatic heterocycles. The molecule has 1 aromatic heterocycles. The maximum Gasteiger partial charge on any atom is 0.253 e. The second-order valence-corrected chi connectivity index (χ2v) is 5.60. The summed E-state index contributed by atoms with van der Waals surface area (Å²) in [6.45, 7) is 2.45. The van der Waals surface area contributed by atoms with Crippen LogP contribution < -0.4 is 0 Å². The minimum Gasteiger partial charge on any atom is -0.339 e. The Labute approximate surface area is 138 Å². The number of rotatable bonds is 4. The Balaban J connectivity index is 1.49. The van der Waals surface area contributed by atoms with Crippen LogP contribution in [0.3, 0.4) is 0 Å². The van der Waals surface area contributed by atoms with Gasteiger partial charge in [0.25, 0.3) is 5.91 Å². The highest BCUT2D eigenvalue weighted by Gasteiger charge is 2.24. The molecule has 2 amide bonds. The van der Waals surface area contributed by atoms with Gasteiger partial charge in [0.15, 0.2) is 0 Å². The first-order valence-corrected chi connectivity index (χ1v) is 7.80. The van der Waals surface area contributed by atoms with E-state index >= 15 is 0 Å². The summed E-state index contributed by atoms with van der Waals surface area (Å²) in [6.07, 6.45) is 3.64. The molecule has 0 atom stereocenters. The van der Waals surface area contributed by atoms with Gasteiger partial charge in [0.1, 0.15) is 5.82 Å². The topological polar surface area (TPSA) is 71.3 Å². The average molecular weight is 331 g/mol. The Morgan fingerprint density at radius 2 is 1.71 bits per heavy atom. The number of carbonyl (C=O) groups excluding carboxylic acids is 2. The molecular formula is C16H18FN5O2. The third kappa shape index (κ3) is 3.76. The average Bonchev–Trinajstić information content (AvgIpc) is 3.13. The lowest BCUT2D eigenvalue weighted by Gasteiger charge is -2.34. The van der Waals surface area contributed by atoms with Gasteiger partial charge in [-0.05, 0) is 24.3 Å². The maximum absolute atomic E-state index is 12.9. The van der Waals surface area contributed by atoms with Crippen LogP contribution in [0.5, 0.6) is 0 Å². The molecule has 7 nitrogen and oxygen atoms in total. The van der Waals surface area contributed by atoms with Crippen molar-refractivity contribution >= 4 is 11.8 Å². The van der Waals surface area contributed by atoms with E-state index < -0.39 is 0 Å². The largest absolute Gasteiger partial charge is 0.339 e. The third-order valence-corrected chi connectivity index (χ3v) is 4.04. The first-order chi connectivity index (χ1) is 11.6. The summed E-state index contributed by atoms with van der Waals surface area (Å²) in [5.74, 6) is -0.460. The van der Waals surface area contributed by atoms with Crippen molar-refractivity contribution in [1.29, 1.82) is 0 Å². The second-order valence-electron chi connectivity index (χ2n) is 5.60. The molecule has 2 heterocycles. The number of carbonyl (C=O) groups is 2. The highest BCUT2D eigenvalue weighted by Crippen LogP contribution is 2.11. The number of aryl methyl sites for hydroxylation is 1. The van der Waals surface area contributed by atoms with Crippen molar-refractivity contribution in [1.82, 2.24) is 24.8 Å². The van der Waals surface area contributed by atoms with Crippen LogP contribution in [0.4, 0.5) is 4.39 Å². The molecule has 24 heavy (non-hydrogen) atoms. The number of halogens is 1. The molecule has 0 spiro atoms. The molecule has 0 aliphatic carbocycles. The molecule has 0 bridgehead atoms. The van der Waals surface area contributed by atoms with E-state index in [-0.39, 0.29) is 17.6 Å². The van der Waals surface area contributed by atoms with Gasteiger partial charge < -0.3 is 9.80 Å². The summed E-state index contributed by atoms with van der Waals surface area (Å²) in [5, 5.41) is 7.52. The number of amides is 2. The van der Waals surface area contributed by atoms with E-state index in [1.54, 1.807) is 26.9 Å². The lowest BCUT2D eigenvalue weighted by atomic mass is 10.1. The van der Waals surface area contributed by atoms with Crippen molar-refractivity contribution in [2.24, 2.45) is 0 Å². The number of aromatic nitrogens is 3. The van der Waals surface area contributed by atoms with Crippen LogP contribution in [0.2, 0.25) is 0 Å². The van der Waals surface area contributed by atoms with Crippen LogP contribution in [0.15, 0.2) is 36.7 Å². The van der Waals surface area contributed by atoms with E-state index in [0.717, 1.165) is 0 Å². The van der Waals surface area contributed by atoms with Gasteiger partial charge >= 0.3 is 0 Å². The van der Waals surface area contributed by atoms with Gasteiger partial charge in [-0.25, -0.2) is 4.39 Å². The maximum atomic E-state index is 12.9. The van der Waals surface area contributed by atoms with Crippen molar-refractivity contribution < 1.29 is 14.0 Å². The Morgan fingerprint density at radius 1 is 1.04 bits per heavy atom. The van der Waals surface area contributed by atoms with Gasteiger partial charge in [-0.15, -0.1) is 5.10 Å². The molecule has 0 unspecified atom stereocenters. The molecule has 2 aromatic rings. The zero-order valence-electron chi connectivity index (χ0n) is 13.1. The number of benzene rings is 1. The Hall–Kier alpha value is -2.77. The first-order valence-electron chi connectivity index (χ1n) is 7.80. The Morgan fingerprint density at radius 3 is 2.33 bits per heavy atom. The highest BCUT2D eigenvalue weighted by molar-refractivity contribution is 5.94. The summed E-state index contributed by atoms with van der Waals surface area (Å²) < 4.78 is 14.5. The van der Waals surface area contributed by atoms with E-state index in [0.29, 0.717) is 44.7 Å². The van der Waals surface area contributed by atoms with E-state index in [4.69, 9.17) is 0 Å². The summed E-state index contributed by atoms with van der Waals surface area (Å²) in [5.41, 5.74) is 0.461. The molecule has 1 aromatic carbocycles. The predicted molar refractivity (Wildman–Crippen MR) is 83.5 cm³/mol. The first kappa shape index (κ1) is 16.1. The van der Waals surface area contributed by atoms with Crippen molar-refractivity contribution in [2.75, 3.05) is 26.2 Å². The third-order valence-electron chi connectivity index (χ3n) is 4.04. The zero-order chi connectivity index (χ0) is 16.9. The van der Waals surface area contributed by atoms with E-state index in [1.807, 2.05) is 0 Å². The molecule has 8 heteroatoms. The van der Waals surface area contributed by atoms with Gasteiger partial charge in [0.05, 0.1) is 12.7 Å². The minimum absolute atomic E-state index is 0.0411. The predicted octanol–water partition coefficient (Wildman–Crippen LogP) is 0.792. The van der Waals surface area contributed by atoms with Crippen molar-refractivity contribution in [3.63, 3.8) is 0 Å². The van der Waals surface area contributed by atoms with Gasteiger partial charge in [0.2, 0.25) is 5.91 Å². The van der Waals surface area contributed by atoms with Crippen molar-refractivity contribution in [3.8, 4) is 0 Å². The normalized spacial score (nSPS) is 14.7. The molecule has 0 saturated carbocycles. The monoisotopic (exact) mass is 331 g/mol. The summed E-state index contributed by atoms with van der Waals surface area (Å²) in [4.78, 5) is 28.0. The molecule has 126 valence electrons. The number of piperazine rings is 1. The van der Waals surface area contributed by atoms with E-state index in [9.17, 15) is 14.0 Å². The highest BCUT2D eigenvalue weighted by atomic mass is 19.1. The lowest BCUT2D eigenvalue weighted by molar-refractivity contribution is -0.132. The lowest BCUT2D eigenvalue weighted by Crippen LogP contribution is -2.50. The number of nitrogens with zero attached hydrogens (tertiary/aromatic N) is 5. The molecule has 1 fully saturated rings. The van der Waals surface area contributed by atoms with Crippen LogP contribution in [-0.4, -0.2) is 62.8 Å². The second kappa shape index (κ2) is 7.20. The van der Waals surface area contributed by atoms with Crippen LogP contribution in [-0.2, 0) is 11.3 Å². The molecule has 1 saturated heterocycles. The van der Waals surface area contributed by atoms with Crippen molar-refractivity contribution in [2.45, 2.75) is 13.0 Å². The Kier molecular flexibility index (Phi) is 4.83. The molecule has 0 N–H and O–H groups in total. The summed E-state index contributed by atoms with van der Waals surface area (Å²) in [7, 11) is 0. The van der Waals surface area contributed by atoms with Crippen molar-refractivity contribution in [3.05, 3.63) is 48.0 Å². The van der Waals surface area contributed by atoms with Gasteiger partial charge in [-0.1, -0.05) is 5.21 Å². The van der Waals surface area contributed by atoms with E-state index in [2.05, 4.69) is 10.3 Å². The minimum atomic E-state index is -0.366. The zero-order valence-corrected chi connectivity index (χ0v) is 13.1. The van der Waals surface area contributed by atoms with Crippen LogP contribution in [0, 0.1) is 5.82 Å². The fourth-order valence-electron chi connectivity index (χ4n) is 2.65. The van der Waals surface area contributed by atoms with Crippen LogP contribution in [0.1, 0.15) is 16.8 Å². The summed E-state index contributed by atoms with van der Waals surface area (Å²) >= 11 is 0. The smallest absolute Gasteiger partial charge is 0.253 e. The fourth-order valence-corrected chi connectivity index (χ4v) is 2.65. The van der Waals surface area contributed by atoms with Gasteiger partial charge in [0, 0.05) is 44.4 Å². The fraction of sp³-hybridized carbons (Fsp3) is 0.375. The molecular weight excluding hydrogens is 313 g/mol. The van der Waals surface area contributed by atoms with Gasteiger partial charge in [-0.3, -0.25) is 14.3 Å². The number of hydrogen-bond donors (Lipinski definition) is 0. The summed E-state index contributed by atoms with van der Waals surface area (Å²) in [6, 6.07) is 5.51. The number of hydrogen-bond acceptors (Lipinski definition) is 4. The molecule has 1 aliphatic rings. The molecule has 3 rings (SSSR count). The standard InChI is InChI=1S/C16H18FN5O2/c17-14-3-1-13(2-4-14)16(24)21-11-9-20(10-12-21)15(23)5-7-22-8-6-18-19-22/h1-4,6,8H,5,7,9-12H2. The van der Waals surface area contributed by atoms with Crippen LogP contribution >= 0.6 is 0 Å². The van der Waals surface area contributed by atoms with E-state index in [1.165, 1.54) is 24.3 Å². The van der Waals surface area contributed by atoms with Gasteiger partial charge in [-0.2, -0.15) is 0 Å².